The molecule has 1 unspecified atom stereocenters. The maximum atomic E-state index is 12.1. The van der Waals surface area contributed by atoms with Gasteiger partial charge < -0.3 is 15.3 Å². The SMILES string of the molecule is CCN(CC)CCCNC(CC(=O)c1ccc(Cl)cc1)C(=O)O. The van der Waals surface area contributed by atoms with Gasteiger partial charge in [0.15, 0.2) is 5.78 Å². The highest BCUT2D eigenvalue weighted by Gasteiger charge is 2.21. The third kappa shape index (κ3) is 7.12. The van der Waals surface area contributed by atoms with Crippen molar-refractivity contribution in [3.63, 3.8) is 0 Å². The minimum atomic E-state index is -1.00. The van der Waals surface area contributed by atoms with Gasteiger partial charge in [-0.2, -0.15) is 0 Å². The normalized spacial score (nSPS) is 12.3. The number of benzene rings is 1. The molecule has 1 atom stereocenters. The van der Waals surface area contributed by atoms with Gasteiger partial charge in [-0.25, -0.2) is 0 Å². The van der Waals surface area contributed by atoms with E-state index in [2.05, 4.69) is 24.1 Å². The monoisotopic (exact) mass is 340 g/mol. The second-order valence-electron chi connectivity index (χ2n) is 5.36. The Morgan fingerprint density at radius 3 is 2.35 bits per heavy atom. The summed E-state index contributed by atoms with van der Waals surface area (Å²) in [6.45, 7) is 7.64. The predicted octanol–water partition coefficient (Wildman–Crippen LogP) is 2.69. The zero-order chi connectivity index (χ0) is 17.2. The Hall–Kier alpha value is -1.43. The van der Waals surface area contributed by atoms with Crippen LogP contribution < -0.4 is 5.32 Å². The summed E-state index contributed by atoms with van der Waals surface area (Å²) in [5.74, 6) is -1.21. The number of rotatable bonds is 11. The number of carbonyl (C=O) groups excluding carboxylic acids is 1. The van der Waals surface area contributed by atoms with Crippen LogP contribution >= 0.6 is 11.6 Å². The molecule has 128 valence electrons. The highest BCUT2D eigenvalue weighted by molar-refractivity contribution is 6.30. The molecule has 0 bridgehead atoms. The molecule has 0 aliphatic carbocycles. The van der Waals surface area contributed by atoms with Crippen LogP contribution in [0.3, 0.4) is 0 Å². The largest absolute Gasteiger partial charge is 0.480 e. The van der Waals surface area contributed by atoms with E-state index in [-0.39, 0.29) is 12.2 Å². The average molecular weight is 341 g/mol. The van der Waals surface area contributed by atoms with Crippen LogP contribution in [0, 0.1) is 0 Å². The van der Waals surface area contributed by atoms with Crippen LogP contribution in [0.4, 0.5) is 0 Å². The van der Waals surface area contributed by atoms with Crippen molar-refractivity contribution in [2.24, 2.45) is 0 Å². The molecule has 6 heteroatoms. The summed E-state index contributed by atoms with van der Waals surface area (Å²) in [4.78, 5) is 25.7. The first-order chi connectivity index (χ1) is 11.0. The predicted molar refractivity (Wildman–Crippen MR) is 92.2 cm³/mol. The number of carbonyl (C=O) groups is 2. The molecule has 1 aromatic carbocycles. The number of carboxylic acids is 1. The lowest BCUT2D eigenvalue weighted by Gasteiger charge is -2.19. The summed E-state index contributed by atoms with van der Waals surface area (Å²) in [7, 11) is 0. The first kappa shape index (κ1) is 19.6. The maximum Gasteiger partial charge on any atom is 0.321 e. The van der Waals surface area contributed by atoms with Crippen LogP contribution in [0.5, 0.6) is 0 Å². The molecule has 0 aliphatic heterocycles. The van der Waals surface area contributed by atoms with Crippen LogP contribution in [0.2, 0.25) is 5.02 Å². The van der Waals surface area contributed by atoms with E-state index in [9.17, 15) is 14.7 Å². The molecule has 0 saturated heterocycles. The Morgan fingerprint density at radius 2 is 1.83 bits per heavy atom. The van der Waals surface area contributed by atoms with Crippen molar-refractivity contribution in [3.8, 4) is 0 Å². The first-order valence-corrected chi connectivity index (χ1v) is 8.33. The molecule has 0 aliphatic rings. The second-order valence-corrected chi connectivity index (χ2v) is 5.80. The number of hydrogen-bond donors (Lipinski definition) is 2. The van der Waals surface area contributed by atoms with Gasteiger partial charge in [-0.05, 0) is 56.9 Å². The van der Waals surface area contributed by atoms with Gasteiger partial charge in [-0.3, -0.25) is 9.59 Å². The van der Waals surface area contributed by atoms with Crippen molar-refractivity contribution in [2.45, 2.75) is 32.7 Å². The summed E-state index contributed by atoms with van der Waals surface area (Å²) in [6, 6.07) is 5.62. The smallest absolute Gasteiger partial charge is 0.321 e. The van der Waals surface area contributed by atoms with Gasteiger partial charge in [0.2, 0.25) is 0 Å². The Kier molecular flexibility index (Phi) is 8.84. The van der Waals surface area contributed by atoms with E-state index < -0.39 is 12.0 Å². The van der Waals surface area contributed by atoms with Crippen LogP contribution in [0.1, 0.15) is 37.0 Å². The minimum Gasteiger partial charge on any atom is -0.480 e. The molecule has 2 N–H and O–H groups in total. The molecule has 0 heterocycles. The zero-order valence-electron chi connectivity index (χ0n) is 13.7. The fourth-order valence-corrected chi connectivity index (χ4v) is 2.43. The topological polar surface area (TPSA) is 69.6 Å². The molecule has 0 fully saturated rings. The van der Waals surface area contributed by atoms with Gasteiger partial charge in [0.05, 0.1) is 0 Å². The van der Waals surface area contributed by atoms with Crippen molar-refractivity contribution in [3.05, 3.63) is 34.9 Å². The molecule has 1 rings (SSSR count). The standard InChI is InChI=1S/C17H25ClN2O3/c1-3-20(4-2)11-5-10-19-15(17(22)23)12-16(21)13-6-8-14(18)9-7-13/h6-9,15,19H,3-5,10-12H2,1-2H3,(H,22,23). The Labute approximate surface area is 142 Å². The number of aliphatic carboxylic acids is 1. The van der Waals surface area contributed by atoms with Crippen molar-refractivity contribution in [1.29, 1.82) is 0 Å². The van der Waals surface area contributed by atoms with Crippen LogP contribution in [-0.2, 0) is 4.79 Å². The maximum absolute atomic E-state index is 12.1. The van der Waals surface area contributed by atoms with Crippen LogP contribution in [-0.4, -0.2) is 54.0 Å². The first-order valence-electron chi connectivity index (χ1n) is 7.95. The molecule has 0 amide bonds. The van der Waals surface area contributed by atoms with E-state index in [4.69, 9.17) is 11.6 Å². The Bertz CT molecular complexity index is 501. The van der Waals surface area contributed by atoms with Gasteiger partial charge in [-0.1, -0.05) is 25.4 Å². The lowest BCUT2D eigenvalue weighted by molar-refractivity contribution is -0.139. The molecule has 1 aromatic rings. The average Bonchev–Trinajstić information content (AvgIpc) is 2.54. The summed E-state index contributed by atoms with van der Waals surface area (Å²) < 4.78 is 0. The van der Waals surface area contributed by atoms with Crippen molar-refractivity contribution in [2.75, 3.05) is 26.2 Å². The van der Waals surface area contributed by atoms with E-state index in [1.54, 1.807) is 24.3 Å². The van der Waals surface area contributed by atoms with Gasteiger partial charge in [-0.15, -0.1) is 0 Å². The Balaban J connectivity index is 2.47. The molecular formula is C17H25ClN2O3. The van der Waals surface area contributed by atoms with Crippen molar-refractivity contribution >= 4 is 23.4 Å². The number of hydrogen-bond acceptors (Lipinski definition) is 4. The van der Waals surface area contributed by atoms with E-state index in [1.807, 2.05) is 0 Å². The van der Waals surface area contributed by atoms with E-state index in [0.717, 1.165) is 26.1 Å². The van der Waals surface area contributed by atoms with E-state index in [0.29, 0.717) is 17.1 Å². The van der Waals surface area contributed by atoms with Crippen LogP contribution in [0.15, 0.2) is 24.3 Å². The lowest BCUT2D eigenvalue weighted by Crippen LogP contribution is -2.40. The highest BCUT2D eigenvalue weighted by Crippen LogP contribution is 2.12. The second kappa shape index (κ2) is 10.4. The van der Waals surface area contributed by atoms with Crippen LogP contribution in [0.25, 0.3) is 0 Å². The third-order valence-corrected chi connectivity index (χ3v) is 4.04. The molecule has 0 spiro atoms. The highest BCUT2D eigenvalue weighted by atomic mass is 35.5. The zero-order valence-corrected chi connectivity index (χ0v) is 14.5. The molecule has 0 saturated carbocycles. The lowest BCUT2D eigenvalue weighted by atomic mass is 10.0. The van der Waals surface area contributed by atoms with Gasteiger partial charge in [0.25, 0.3) is 0 Å². The summed E-state index contributed by atoms with van der Waals surface area (Å²) in [5.41, 5.74) is 0.477. The number of nitrogens with zero attached hydrogens (tertiary/aromatic N) is 1. The van der Waals surface area contributed by atoms with Gasteiger partial charge in [0, 0.05) is 17.0 Å². The van der Waals surface area contributed by atoms with Gasteiger partial charge in [0.1, 0.15) is 6.04 Å². The van der Waals surface area contributed by atoms with Crippen molar-refractivity contribution in [1.82, 2.24) is 10.2 Å². The molecule has 5 nitrogen and oxygen atoms in total. The summed E-state index contributed by atoms with van der Waals surface area (Å²) in [6.07, 6.45) is 0.781. The number of halogens is 1. The fraction of sp³-hybridized carbons (Fsp3) is 0.529. The van der Waals surface area contributed by atoms with Crippen molar-refractivity contribution < 1.29 is 14.7 Å². The number of carboxylic acid groups (broad SMARTS) is 1. The molecule has 23 heavy (non-hydrogen) atoms. The molecular weight excluding hydrogens is 316 g/mol. The minimum absolute atomic E-state index is 0.0672. The van der Waals surface area contributed by atoms with E-state index in [1.165, 1.54) is 0 Å². The summed E-state index contributed by atoms with van der Waals surface area (Å²) in [5, 5.41) is 12.8. The quantitative estimate of drug-likeness (QED) is 0.479. The number of nitrogens with one attached hydrogen (secondary N) is 1. The molecule has 0 aromatic heterocycles. The van der Waals surface area contributed by atoms with Gasteiger partial charge >= 0.3 is 5.97 Å². The summed E-state index contributed by atoms with van der Waals surface area (Å²) >= 11 is 5.78. The fourth-order valence-electron chi connectivity index (χ4n) is 2.30. The number of Topliss-reactive ketones (excluding diaryl/α,β-unsaturated/α-hetero) is 1. The third-order valence-electron chi connectivity index (χ3n) is 3.79. The Morgan fingerprint density at radius 1 is 1.22 bits per heavy atom. The molecule has 0 radical (unpaired) electrons. The van der Waals surface area contributed by atoms with E-state index >= 15 is 0 Å². The number of ketones is 1.